The maximum Gasteiger partial charge on any atom is 0.319 e. The zero-order valence-corrected chi connectivity index (χ0v) is 8.50. The van der Waals surface area contributed by atoms with Crippen molar-refractivity contribution in [2.24, 2.45) is 0 Å². The lowest BCUT2D eigenvalue weighted by molar-refractivity contribution is -0.146. The molecule has 1 fully saturated rings. The van der Waals surface area contributed by atoms with E-state index in [4.69, 9.17) is 9.15 Å². The number of furan rings is 1. The lowest BCUT2D eigenvalue weighted by Gasteiger charge is -2.10. The summed E-state index contributed by atoms with van der Waals surface area (Å²) < 4.78 is 10.5. The normalized spacial score (nSPS) is 17.9. The number of ether oxygens (including phenoxy) is 1. The Morgan fingerprint density at radius 3 is 2.71 bits per heavy atom. The van der Waals surface area contributed by atoms with Crippen molar-refractivity contribution in [3.8, 4) is 0 Å². The summed E-state index contributed by atoms with van der Waals surface area (Å²) in [6.45, 7) is 4.13. The predicted molar refractivity (Wildman–Crippen MR) is 51.0 cm³/mol. The molecule has 3 heteroatoms. The van der Waals surface area contributed by atoms with Crippen LogP contribution < -0.4 is 0 Å². The Balaban J connectivity index is 2.21. The van der Waals surface area contributed by atoms with Crippen molar-refractivity contribution >= 4 is 5.97 Å². The van der Waals surface area contributed by atoms with Gasteiger partial charge in [-0.1, -0.05) is 0 Å². The largest absolute Gasteiger partial charge is 0.465 e. The third kappa shape index (κ3) is 1.33. The number of hydrogen-bond donors (Lipinski definition) is 0. The molecular formula is C11H14O3. The Morgan fingerprint density at radius 1 is 1.57 bits per heavy atom. The van der Waals surface area contributed by atoms with Crippen LogP contribution in [0.1, 0.15) is 31.3 Å². The first-order valence-corrected chi connectivity index (χ1v) is 4.93. The fourth-order valence-electron chi connectivity index (χ4n) is 1.64. The fraction of sp³-hybridized carbons (Fsp3) is 0.545. The molecule has 0 aromatic carbocycles. The van der Waals surface area contributed by atoms with E-state index in [2.05, 4.69) is 0 Å². The van der Waals surface area contributed by atoms with Gasteiger partial charge in [-0.2, -0.15) is 0 Å². The average molecular weight is 194 g/mol. The first kappa shape index (κ1) is 9.31. The molecule has 0 bridgehead atoms. The van der Waals surface area contributed by atoms with E-state index in [0.717, 1.165) is 24.4 Å². The number of esters is 1. The minimum absolute atomic E-state index is 0.144. The number of carbonyl (C=O) groups is 1. The van der Waals surface area contributed by atoms with E-state index < -0.39 is 5.41 Å². The van der Waals surface area contributed by atoms with Crippen LogP contribution in [0.5, 0.6) is 0 Å². The lowest BCUT2D eigenvalue weighted by Crippen LogP contribution is -2.22. The maximum absolute atomic E-state index is 11.7. The van der Waals surface area contributed by atoms with Gasteiger partial charge in [-0.3, -0.25) is 4.79 Å². The summed E-state index contributed by atoms with van der Waals surface area (Å²) in [6.07, 6.45) is 1.69. The van der Waals surface area contributed by atoms with Gasteiger partial charge in [0.05, 0.1) is 6.61 Å². The molecule has 0 aliphatic heterocycles. The van der Waals surface area contributed by atoms with E-state index in [1.165, 1.54) is 0 Å². The first-order chi connectivity index (χ1) is 6.69. The molecule has 0 atom stereocenters. The molecule has 0 N–H and O–H groups in total. The second kappa shape index (κ2) is 3.15. The standard InChI is InChI=1S/C11H14O3/c1-3-13-10(12)11(6-7-11)9-5-4-8(2)14-9/h4-5H,3,6-7H2,1-2H3. The van der Waals surface area contributed by atoms with Crippen LogP contribution in [-0.4, -0.2) is 12.6 Å². The molecule has 3 nitrogen and oxygen atoms in total. The second-order valence-corrected chi connectivity index (χ2v) is 3.71. The Labute approximate surface area is 83.0 Å². The van der Waals surface area contributed by atoms with E-state index >= 15 is 0 Å². The Morgan fingerprint density at radius 2 is 2.29 bits per heavy atom. The van der Waals surface area contributed by atoms with Gasteiger partial charge in [0.2, 0.25) is 0 Å². The van der Waals surface area contributed by atoms with Crippen LogP contribution in [0.25, 0.3) is 0 Å². The van der Waals surface area contributed by atoms with Gasteiger partial charge in [0.1, 0.15) is 16.9 Å². The maximum atomic E-state index is 11.7. The summed E-state index contributed by atoms with van der Waals surface area (Å²) in [4.78, 5) is 11.7. The van der Waals surface area contributed by atoms with Gasteiger partial charge in [-0.25, -0.2) is 0 Å². The first-order valence-electron chi connectivity index (χ1n) is 4.93. The molecule has 1 aromatic rings. The molecule has 2 rings (SSSR count). The molecule has 0 spiro atoms. The smallest absolute Gasteiger partial charge is 0.319 e. The monoisotopic (exact) mass is 194 g/mol. The van der Waals surface area contributed by atoms with E-state index in [9.17, 15) is 4.79 Å². The summed E-state index contributed by atoms with van der Waals surface area (Å²) in [5.41, 5.74) is -0.454. The summed E-state index contributed by atoms with van der Waals surface area (Å²) in [5, 5.41) is 0. The highest BCUT2D eigenvalue weighted by Gasteiger charge is 2.55. The number of hydrogen-bond acceptors (Lipinski definition) is 3. The highest BCUT2D eigenvalue weighted by atomic mass is 16.5. The zero-order chi connectivity index (χ0) is 10.2. The zero-order valence-electron chi connectivity index (χ0n) is 8.50. The summed E-state index contributed by atoms with van der Waals surface area (Å²) in [7, 11) is 0. The van der Waals surface area contributed by atoms with Crippen molar-refractivity contribution in [2.45, 2.75) is 32.1 Å². The predicted octanol–water partition coefficient (Wildman–Crippen LogP) is 2.18. The van der Waals surface area contributed by atoms with Crippen LogP contribution in [0.4, 0.5) is 0 Å². The number of rotatable bonds is 3. The van der Waals surface area contributed by atoms with Crippen LogP contribution in [0.15, 0.2) is 16.5 Å². The van der Waals surface area contributed by atoms with Crippen molar-refractivity contribution in [1.29, 1.82) is 0 Å². The van der Waals surface area contributed by atoms with E-state index in [1.54, 1.807) is 0 Å². The van der Waals surface area contributed by atoms with Gasteiger partial charge in [0, 0.05) is 0 Å². The third-order valence-corrected chi connectivity index (χ3v) is 2.63. The van der Waals surface area contributed by atoms with Crippen molar-refractivity contribution in [3.63, 3.8) is 0 Å². The van der Waals surface area contributed by atoms with Crippen molar-refractivity contribution < 1.29 is 13.9 Å². The van der Waals surface area contributed by atoms with Crippen molar-refractivity contribution in [1.82, 2.24) is 0 Å². The van der Waals surface area contributed by atoms with Crippen LogP contribution in [0, 0.1) is 6.92 Å². The summed E-state index contributed by atoms with van der Waals surface area (Å²) >= 11 is 0. The Hall–Kier alpha value is -1.25. The van der Waals surface area contributed by atoms with Crippen LogP contribution in [-0.2, 0) is 14.9 Å². The molecule has 0 saturated heterocycles. The van der Waals surface area contributed by atoms with Crippen molar-refractivity contribution in [3.05, 3.63) is 23.7 Å². The fourth-order valence-corrected chi connectivity index (χ4v) is 1.64. The molecule has 1 saturated carbocycles. The topological polar surface area (TPSA) is 39.4 Å². The molecule has 0 radical (unpaired) electrons. The van der Waals surface area contributed by atoms with Crippen LogP contribution in [0.2, 0.25) is 0 Å². The minimum atomic E-state index is -0.454. The molecule has 1 aromatic heterocycles. The number of carbonyl (C=O) groups excluding carboxylic acids is 1. The van der Waals surface area contributed by atoms with E-state index in [0.29, 0.717) is 6.61 Å². The molecule has 0 amide bonds. The molecule has 1 heterocycles. The summed E-state index contributed by atoms with van der Waals surface area (Å²) in [6, 6.07) is 3.76. The number of aryl methyl sites for hydroxylation is 1. The summed E-state index contributed by atoms with van der Waals surface area (Å²) in [5.74, 6) is 1.46. The van der Waals surface area contributed by atoms with Crippen molar-refractivity contribution in [2.75, 3.05) is 6.61 Å². The lowest BCUT2D eigenvalue weighted by atomic mass is 10.0. The molecule has 1 aliphatic rings. The van der Waals surface area contributed by atoms with Crippen LogP contribution in [0.3, 0.4) is 0 Å². The highest BCUT2D eigenvalue weighted by Crippen LogP contribution is 2.49. The average Bonchev–Trinajstić information content (AvgIpc) is 2.85. The SMILES string of the molecule is CCOC(=O)C1(c2ccc(C)o2)CC1. The van der Waals surface area contributed by atoms with Gasteiger partial charge in [0.15, 0.2) is 0 Å². The van der Waals surface area contributed by atoms with Gasteiger partial charge in [0.25, 0.3) is 0 Å². The van der Waals surface area contributed by atoms with Gasteiger partial charge < -0.3 is 9.15 Å². The van der Waals surface area contributed by atoms with E-state index in [-0.39, 0.29) is 5.97 Å². The highest BCUT2D eigenvalue weighted by molar-refractivity contribution is 5.85. The van der Waals surface area contributed by atoms with Gasteiger partial charge in [-0.05, 0) is 38.8 Å². The molecule has 0 unspecified atom stereocenters. The quantitative estimate of drug-likeness (QED) is 0.692. The molecular weight excluding hydrogens is 180 g/mol. The Kier molecular flexibility index (Phi) is 2.10. The van der Waals surface area contributed by atoms with Crippen LogP contribution >= 0.6 is 0 Å². The van der Waals surface area contributed by atoms with E-state index in [1.807, 2.05) is 26.0 Å². The molecule has 14 heavy (non-hydrogen) atoms. The third-order valence-electron chi connectivity index (χ3n) is 2.63. The minimum Gasteiger partial charge on any atom is -0.465 e. The molecule has 76 valence electrons. The van der Waals surface area contributed by atoms with Gasteiger partial charge in [-0.15, -0.1) is 0 Å². The molecule has 1 aliphatic carbocycles. The Bertz CT molecular complexity index is 347. The second-order valence-electron chi connectivity index (χ2n) is 3.71. The van der Waals surface area contributed by atoms with Gasteiger partial charge >= 0.3 is 5.97 Å².